The molecule has 0 bridgehead atoms. The van der Waals surface area contributed by atoms with E-state index in [0.717, 1.165) is 48.6 Å². The first-order valence-corrected chi connectivity index (χ1v) is 11.2. The molecular weight excluding hydrogens is 466 g/mol. The van der Waals surface area contributed by atoms with Crippen LogP contribution in [-0.4, -0.2) is 6.61 Å². The Kier molecular flexibility index (Phi) is 7.34. The summed E-state index contributed by atoms with van der Waals surface area (Å²) in [6, 6.07) is 14.8. The first-order valence-electron chi connectivity index (χ1n) is 11.2. The molecule has 0 atom stereocenters. The number of fused-ring (bicyclic) bond motifs is 1. The fraction of sp³-hybridized carbons (Fsp3) is 0.214. The number of rotatable bonds is 8. The third kappa shape index (κ3) is 5.45. The summed E-state index contributed by atoms with van der Waals surface area (Å²) >= 11 is 0. The average molecular weight is 488 g/mol. The molecule has 35 heavy (non-hydrogen) atoms. The third-order valence-corrected chi connectivity index (χ3v) is 5.84. The van der Waals surface area contributed by atoms with E-state index in [-0.39, 0.29) is 5.56 Å². The molecule has 0 saturated heterocycles. The molecule has 0 aliphatic rings. The Bertz CT molecular complexity index is 1320. The van der Waals surface area contributed by atoms with Crippen LogP contribution in [0.5, 0.6) is 5.75 Å². The second kappa shape index (κ2) is 10.4. The van der Waals surface area contributed by atoms with E-state index in [2.05, 4.69) is 17.7 Å². The standard InChI is InChI=1S/C28H22F6O/c1-2-3-4-5-16-6-7-18-11-19(9-8-17(18)10-16)20-12-22(29)26(23(30)13-20)21-14-24(31)27(25(32)15-21)35-28(33)34/h6-15,28H,2-5H2,1H3. The summed E-state index contributed by atoms with van der Waals surface area (Å²) < 4.78 is 86.5. The van der Waals surface area contributed by atoms with Crippen molar-refractivity contribution in [3.8, 4) is 28.0 Å². The molecule has 0 unspecified atom stereocenters. The molecule has 0 spiro atoms. The summed E-state index contributed by atoms with van der Waals surface area (Å²) in [5.41, 5.74) is 0.893. The summed E-state index contributed by atoms with van der Waals surface area (Å²) in [5, 5.41) is 1.92. The zero-order chi connectivity index (χ0) is 25.1. The number of hydrogen-bond acceptors (Lipinski definition) is 1. The first-order chi connectivity index (χ1) is 16.8. The Hall–Kier alpha value is -3.48. The molecule has 0 radical (unpaired) electrons. The zero-order valence-corrected chi connectivity index (χ0v) is 18.9. The van der Waals surface area contributed by atoms with Crippen molar-refractivity contribution in [2.75, 3.05) is 0 Å². The van der Waals surface area contributed by atoms with Crippen molar-refractivity contribution < 1.29 is 31.1 Å². The van der Waals surface area contributed by atoms with Crippen molar-refractivity contribution in [3.63, 3.8) is 0 Å². The van der Waals surface area contributed by atoms with E-state index < -0.39 is 46.8 Å². The van der Waals surface area contributed by atoms with Crippen LogP contribution in [0.15, 0.2) is 60.7 Å². The SMILES string of the molecule is CCCCCc1ccc2cc(-c3cc(F)c(-c4cc(F)c(OC(F)F)c(F)c4)c(F)c3)ccc2c1. The van der Waals surface area contributed by atoms with Gasteiger partial charge in [-0.15, -0.1) is 0 Å². The maximum Gasteiger partial charge on any atom is 0.387 e. The summed E-state index contributed by atoms with van der Waals surface area (Å²) in [7, 11) is 0. The highest BCUT2D eigenvalue weighted by molar-refractivity contribution is 5.88. The average Bonchev–Trinajstić information content (AvgIpc) is 2.80. The van der Waals surface area contributed by atoms with Crippen molar-refractivity contribution in [3.05, 3.63) is 89.5 Å². The van der Waals surface area contributed by atoms with Gasteiger partial charge >= 0.3 is 6.61 Å². The minimum Gasteiger partial charge on any atom is -0.429 e. The Balaban J connectivity index is 1.66. The molecule has 0 fully saturated rings. The number of ether oxygens (including phenoxy) is 1. The summed E-state index contributed by atoms with van der Waals surface area (Å²) in [6.07, 6.45) is 4.41. The van der Waals surface area contributed by atoms with Crippen molar-refractivity contribution in [1.29, 1.82) is 0 Å². The van der Waals surface area contributed by atoms with Gasteiger partial charge in [0.1, 0.15) is 11.6 Å². The molecule has 0 saturated carbocycles. The number of hydrogen-bond donors (Lipinski definition) is 0. The van der Waals surface area contributed by atoms with Crippen LogP contribution < -0.4 is 4.74 Å². The largest absolute Gasteiger partial charge is 0.429 e. The normalized spacial score (nSPS) is 11.4. The second-order valence-corrected chi connectivity index (χ2v) is 8.32. The van der Waals surface area contributed by atoms with Crippen LogP contribution in [0.4, 0.5) is 26.3 Å². The molecule has 0 aliphatic carbocycles. The summed E-state index contributed by atoms with van der Waals surface area (Å²) in [4.78, 5) is 0. The van der Waals surface area contributed by atoms with Crippen LogP contribution in [0.3, 0.4) is 0 Å². The third-order valence-electron chi connectivity index (χ3n) is 5.84. The maximum absolute atomic E-state index is 14.9. The quantitative estimate of drug-likeness (QED) is 0.178. The minimum atomic E-state index is -3.45. The highest BCUT2D eigenvalue weighted by Crippen LogP contribution is 2.35. The lowest BCUT2D eigenvalue weighted by Gasteiger charge is -2.12. The fourth-order valence-corrected chi connectivity index (χ4v) is 4.13. The number of unbranched alkanes of at least 4 members (excludes halogenated alkanes) is 2. The van der Waals surface area contributed by atoms with E-state index in [1.807, 2.05) is 24.3 Å². The van der Waals surface area contributed by atoms with Crippen LogP contribution >= 0.6 is 0 Å². The van der Waals surface area contributed by atoms with Gasteiger partial charge in [-0.3, -0.25) is 0 Å². The monoisotopic (exact) mass is 488 g/mol. The summed E-state index contributed by atoms with van der Waals surface area (Å²) in [5.74, 6) is -6.40. The van der Waals surface area contributed by atoms with Gasteiger partial charge in [0.2, 0.25) is 0 Å². The van der Waals surface area contributed by atoms with Gasteiger partial charge in [-0.25, -0.2) is 17.6 Å². The minimum absolute atomic E-state index is 0.247. The molecule has 0 aliphatic heterocycles. The topological polar surface area (TPSA) is 9.23 Å². The predicted octanol–water partition coefficient (Wildman–Crippen LogP) is 9.06. The molecule has 4 rings (SSSR count). The van der Waals surface area contributed by atoms with Crippen LogP contribution in [0.1, 0.15) is 31.7 Å². The van der Waals surface area contributed by atoms with E-state index in [0.29, 0.717) is 17.7 Å². The molecule has 4 aromatic carbocycles. The zero-order valence-electron chi connectivity index (χ0n) is 18.9. The van der Waals surface area contributed by atoms with E-state index in [9.17, 15) is 26.3 Å². The fourth-order valence-electron chi connectivity index (χ4n) is 4.13. The maximum atomic E-state index is 14.9. The highest BCUT2D eigenvalue weighted by atomic mass is 19.3. The Labute approximate surface area is 199 Å². The van der Waals surface area contributed by atoms with Crippen LogP contribution in [0, 0.1) is 23.3 Å². The van der Waals surface area contributed by atoms with Gasteiger partial charge in [-0.05, 0) is 76.2 Å². The smallest absolute Gasteiger partial charge is 0.387 e. The first kappa shape index (κ1) is 24.6. The lowest BCUT2D eigenvalue weighted by molar-refractivity contribution is -0.0546. The van der Waals surface area contributed by atoms with Crippen molar-refractivity contribution >= 4 is 10.8 Å². The van der Waals surface area contributed by atoms with Crippen LogP contribution in [-0.2, 0) is 6.42 Å². The van der Waals surface area contributed by atoms with E-state index >= 15 is 0 Å². The van der Waals surface area contributed by atoms with Gasteiger partial charge in [-0.1, -0.05) is 50.1 Å². The Morgan fingerprint density at radius 2 is 1.26 bits per heavy atom. The number of alkyl halides is 2. The number of benzene rings is 4. The summed E-state index contributed by atoms with van der Waals surface area (Å²) in [6.45, 7) is -1.30. The molecular formula is C28H22F6O. The van der Waals surface area contributed by atoms with Crippen LogP contribution in [0.25, 0.3) is 33.0 Å². The molecule has 182 valence electrons. The second-order valence-electron chi connectivity index (χ2n) is 8.32. The van der Waals surface area contributed by atoms with Gasteiger partial charge in [0.15, 0.2) is 17.4 Å². The van der Waals surface area contributed by atoms with Gasteiger partial charge in [-0.2, -0.15) is 8.78 Å². The molecule has 0 heterocycles. The van der Waals surface area contributed by atoms with Crippen molar-refractivity contribution in [1.82, 2.24) is 0 Å². The van der Waals surface area contributed by atoms with Crippen LogP contribution in [0.2, 0.25) is 0 Å². The van der Waals surface area contributed by atoms with E-state index in [1.54, 1.807) is 6.07 Å². The van der Waals surface area contributed by atoms with Gasteiger partial charge in [0.05, 0.1) is 5.56 Å². The molecule has 0 amide bonds. The Morgan fingerprint density at radius 3 is 1.89 bits per heavy atom. The number of aryl methyl sites for hydroxylation is 1. The van der Waals surface area contributed by atoms with Crippen molar-refractivity contribution in [2.24, 2.45) is 0 Å². The van der Waals surface area contributed by atoms with E-state index in [1.165, 1.54) is 5.56 Å². The lowest BCUT2D eigenvalue weighted by Crippen LogP contribution is -2.06. The lowest BCUT2D eigenvalue weighted by atomic mass is 9.96. The van der Waals surface area contributed by atoms with Gasteiger partial charge in [0.25, 0.3) is 0 Å². The van der Waals surface area contributed by atoms with E-state index in [4.69, 9.17) is 0 Å². The van der Waals surface area contributed by atoms with Crippen molar-refractivity contribution in [2.45, 2.75) is 39.2 Å². The molecule has 4 aromatic rings. The molecule has 0 aromatic heterocycles. The Morgan fingerprint density at radius 1 is 0.657 bits per heavy atom. The predicted molar refractivity (Wildman–Crippen MR) is 125 cm³/mol. The molecule has 7 heteroatoms. The highest BCUT2D eigenvalue weighted by Gasteiger charge is 2.21. The van der Waals surface area contributed by atoms with Gasteiger partial charge in [0, 0.05) is 0 Å². The van der Waals surface area contributed by atoms with Gasteiger partial charge < -0.3 is 4.74 Å². The molecule has 1 nitrogen and oxygen atoms in total. The number of halogens is 6. The molecule has 0 N–H and O–H groups in total.